The van der Waals surface area contributed by atoms with Gasteiger partial charge in [-0.15, -0.1) is 0 Å². The van der Waals surface area contributed by atoms with Crippen molar-refractivity contribution in [2.75, 3.05) is 6.26 Å². The number of hydrogen-bond donors (Lipinski definition) is 1. The Morgan fingerprint density at radius 3 is 2.86 bits per heavy atom. The average molecular weight is 210 g/mol. The summed E-state index contributed by atoms with van der Waals surface area (Å²) in [6, 6.07) is 0. The molecule has 4 nitrogen and oxygen atoms in total. The first-order valence-electron chi connectivity index (χ1n) is 4.36. The summed E-state index contributed by atoms with van der Waals surface area (Å²) in [5, 5.41) is 9.57. The maximum atomic E-state index is 10.9. The zero-order valence-corrected chi connectivity index (χ0v) is 8.54. The minimum absolute atomic E-state index is 0.255. The topological polar surface area (TPSA) is 63.1 Å². The van der Waals surface area contributed by atoms with Crippen molar-refractivity contribution in [2.24, 2.45) is 0 Å². The Kier molecular flexibility index (Phi) is 2.41. The number of aromatic nitrogens is 2. The third-order valence-electron chi connectivity index (χ3n) is 2.17. The van der Waals surface area contributed by atoms with E-state index in [9.17, 15) is 4.79 Å². The van der Waals surface area contributed by atoms with Crippen LogP contribution in [0.5, 0.6) is 0 Å². The molecule has 14 heavy (non-hydrogen) atoms. The van der Waals surface area contributed by atoms with Crippen LogP contribution >= 0.6 is 11.8 Å². The quantitative estimate of drug-likeness (QED) is 0.608. The lowest BCUT2D eigenvalue weighted by Gasteiger charge is -2.03. The van der Waals surface area contributed by atoms with Crippen LogP contribution in [0.4, 0.5) is 0 Å². The van der Waals surface area contributed by atoms with Crippen molar-refractivity contribution < 1.29 is 9.90 Å². The van der Waals surface area contributed by atoms with Crippen molar-refractivity contribution in [1.82, 2.24) is 9.97 Å². The first-order valence-corrected chi connectivity index (χ1v) is 5.59. The van der Waals surface area contributed by atoms with E-state index in [1.807, 2.05) is 6.26 Å². The maximum Gasteiger partial charge on any atom is 0.339 e. The monoisotopic (exact) mass is 210 g/mol. The summed E-state index contributed by atoms with van der Waals surface area (Å²) in [5.74, 6) is -0.588. The number of carbonyl (C=O) groups is 1. The molecule has 0 unspecified atom stereocenters. The third-order valence-corrected chi connectivity index (χ3v) is 2.74. The van der Waals surface area contributed by atoms with Gasteiger partial charge >= 0.3 is 5.97 Å². The van der Waals surface area contributed by atoms with Crippen LogP contribution in [0.3, 0.4) is 0 Å². The summed E-state index contributed by atoms with van der Waals surface area (Å²) >= 11 is 1.43. The molecular formula is C9H10N2O2S. The summed E-state index contributed by atoms with van der Waals surface area (Å²) in [6.45, 7) is 0. The van der Waals surface area contributed by atoms with Gasteiger partial charge in [0, 0.05) is 12.1 Å². The Morgan fingerprint density at radius 2 is 2.36 bits per heavy atom. The minimum atomic E-state index is -0.931. The molecule has 1 aromatic heterocycles. The van der Waals surface area contributed by atoms with E-state index >= 15 is 0 Å². The molecule has 0 atom stereocenters. The first kappa shape index (κ1) is 9.45. The lowest BCUT2D eigenvalue weighted by Crippen LogP contribution is -2.06. The fourth-order valence-electron chi connectivity index (χ4n) is 1.31. The van der Waals surface area contributed by atoms with E-state index in [2.05, 4.69) is 9.97 Å². The van der Waals surface area contributed by atoms with Crippen molar-refractivity contribution in [1.29, 1.82) is 0 Å². The fourth-order valence-corrected chi connectivity index (χ4v) is 1.66. The molecule has 0 saturated heterocycles. The largest absolute Gasteiger partial charge is 0.478 e. The minimum Gasteiger partial charge on any atom is -0.478 e. The number of rotatable bonds is 3. The van der Waals surface area contributed by atoms with Crippen LogP contribution in [0, 0.1) is 0 Å². The molecule has 1 aliphatic carbocycles. The van der Waals surface area contributed by atoms with E-state index in [-0.39, 0.29) is 5.56 Å². The third kappa shape index (κ3) is 1.72. The number of hydrogen-bond acceptors (Lipinski definition) is 4. The summed E-state index contributed by atoms with van der Waals surface area (Å²) in [7, 11) is 0. The molecule has 0 aliphatic heterocycles. The van der Waals surface area contributed by atoms with Gasteiger partial charge in [-0.3, -0.25) is 0 Å². The normalized spacial score (nSPS) is 15.5. The zero-order chi connectivity index (χ0) is 10.1. The highest BCUT2D eigenvalue weighted by Crippen LogP contribution is 2.40. The predicted molar refractivity (Wildman–Crippen MR) is 52.7 cm³/mol. The summed E-state index contributed by atoms with van der Waals surface area (Å²) in [6.07, 6.45) is 5.39. The van der Waals surface area contributed by atoms with Gasteiger partial charge in [0.25, 0.3) is 0 Å². The highest BCUT2D eigenvalue weighted by Gasteiger charge is 2.30. The number of nitrogens with zero attached hydrogens (tertiary/aromatic N) is 2. The Bertz CT molecular complexity index is 377. The number of thioether (sulfide) groups is 1. The molecule has 1 saturated carbocycles. The molecule has 74 valence electrons. The fraction of sp³-hybridized carbons (Fsp3) is 0.444. The Balaban J connectivity index is 2.43. The van der Waals surface area contributed by atoms with Crippen LogP contribution in [-0.4, -0.2) is 27.3 Å². The van der Waals surface area contributed by atoms with E-state index in [0.717, 1.165) is 12.8 Å². The molecule has 1 fully saturated rings. The van der Waals surface area contributed by atoms with Crippen LogP contribution in [0.15, 0.2) is 11.4 Å². The lowest BCUT2D eigenvalue weighted by molar-refractivity contribution is 0.0694. The van der Waals surface area contributed by atoms with E-state index in [4.69, 9.17) is 5.11 Å². The molecule has 1 aliphatic rings. The molecule has 1 aromatic rings. The molecule has 0 amide bonds. The SMILES string of the molecule is CSc1ncc(C(=O)O)c(C2CC2)n1. The van der Waals surface area contributed by atoms with Gasteiger partial charge in [-0.2, -0.15) is 0 Å². The van der Waals surface area contributed by atoms with Crippen molar-refractivity contribution >= 4 is 17.7 Å². The number of carboxylic acids is 1. The molecule has 5 heteroatoms. The standard InChI is InChI=1S/C9H10N2O2S/c1-14-9-10-4-6(8(12)13)7(11-9)5-2-3-5/h4-5H,2-3H2,1H3,(H,12,13). The summed E-state index contributed by atoms with van der Waals surface area (Å²) < 4.78 is 0. The molecule has 2 rings (SSSR count). The van der Waals surface area contributed by atoms with Gasteiger partial charge in [-0.25, -0.2) is 14.8 Å². The second kappa shape index (κ2) is 3.57. The van der Waals surface area contributed by atoms with E-state index in [0.29, 0.717) is 16.8 Å². The molecule has 1 N–H and O–H groups in total. The van der Waals surface area contributed by atoms with Gasteiger partial charge in [0.2, 0.25) is 0 Å². The molecule has 0 aromatic carbocycles. The van der Waals surface area contributed by atoms with Crippen LogP contribution < -0.4 is 0 Å². The highest BCUT2D eigenvalue weighted by atomic mass is 32.2. The molecule has 0 bridgehead atoms. The van der Waals surface area contributed by atoms with Crippen LogP contribution in [0.2, 0.25) is 0 Å². The van der Waals surface area contributed by atoms with Crippen molar-refractivity contribution in [3.05, 3.63) is 17.5 Å². The summed E-state index contributed by atoms with van der Waals surface area (Å²) in [4.78, 5) is 19.1. The zero-order valence-electron chi connectivity index (χ0n) is 7.73. The highest BCUT2D eigenvalue weighted by molar-refractivity contribution is 7.98. The Hall–Kier alpha value is -1.10. The molecule has 0 spiro atoms. The van der Waals surface area contributed by atoms with Crippen molar-refractivity contribution in [2.45, 2.75) is 23.9 Å². The van der Waals surface area contributed by atoms with Gasteiger partial charge in [0.15, 0.2) is 5.16 Å². The first-order chi connectivity index (χ1) is 6.72. The lowest BCUT2D eigenvalue weighted by atomic mass is 10.1. The van der Waals surface area contributed by atoms with Gasteiger partial charge in [-0.1, -0.05) is 11.8 Å². The number of carboxylic acid groups (broad SMARTS) is 1. The molecule has 1 heterocycles. The Morgan fingerprint density at radius 1 is 1.64 bits per heavy atom. The van der Waals surface area contributed by atoms with Gasteiger partial charge < -0.3 is 5.11 Å². The van der Waals surface area contributed by atoms with Crippen LogP contribution in [-0.2, 0) is 0 Å². The van der Waals surface area contributed by atoms with E-state index < -0.39 is 5.97 Å². The van der Waals surface area contributed by atoms with E-state index in [1.54, 1.807) is 0 Å². The second-order valence-electron chi connectivity index (χ2n) is 3.24. The smallest absolute Gasteiger partial charge is 0.339 e. The van der Waals surface area contributed by atoms with Crippen LogP contribution in [0.25, 0.3) is 0 Å². The van der Waals surface area contributed by atoms with Gasteiger partial charge in [0.05, 0.1) is 11.3 Å². The second-order valence-corrected chi connectivity index (χ2v) is 4.01. The molecular weight excluding hydrogens is 200 g/mol. The van der Waals surface area contributed by atoms with E-state index in [1.165, 1.54) is 18.0 Å². The predicted octanol–water partition coefficient (Wildman–Crippen LogP) is 1.77. The maximum absolute atomic E-state index is 10.9. The van der Waals surface area contributed by atoms with Crippen LogP contribution in [0.1, 0.15) is 34.8 Å². The van der Waals surface area contributed by atoms with Crippen molar-refractivity contribution in [3.63, 3.8) is 0 Å². The molecule has 0 radical (unpaired) electrons. The van der Waals surface area contributed by atoms with Crippen molar-refractivity contribution in [3.8, 4) is 0 Å². The van der Waals surface area contributed by atoms with Gasteiger partial charge in [0.1, 0.15) is 0 Å². The number of aromatic carboxylic acids is 1. The average Bonchev–Trinajstić information content (AvgIpc) is 3.00. The Labute approximate surface area is 85.8 Å². The summed E-state index contributed by atoms with van der Waals surface area (Å²) in [5.41, 5.74) is 0.960. The van der Waals surface area contributed by atoms with Gasteiger partial charge in [-0.05, 0) is 19.1 Å².